The van der Waals surface area contributed by atoms with E-state index >= 15 is 0 Å². The normalized spacial score (nSPS) is 18.5. The zero-order valence-electron chi connectivity index (χ0n) is 16.4. The summed E-state index contributed by atoms with van der Waals surface area (Å²) in [6.07, 6.45) is -0.465. The highest BCUT2D eigenvalue weighted by molar-refractivity contribution is 9.10. The lowest BCUT2D eigenvalue weighted by Gasteiger charge is -2.29. The molecular weight excluding hydrogens is 456 g/mol. The molecule has 0 fully saturated rings. The molecule has 8 nitrogen and oxygen atoms in total. The molecule has 2 aromatic rings. The van der Waals surface area contributed by atoms with E-state index in [1.807, 2.05) is 13.8 Å². The Morgan fingerprint density at radius 3 is 2.50 bits per heavy atom. The molecule has 1 N–H and O–H groups in total. The van der Waals surface area contributed by atoms with Gasteiger partial charge >= 0.3 is 5.97 Å². The van der Waals surface area contributed by atoms with Gasteiger partial charge in [-0.1, -0.05) is 41.9 Å². The molecule has 0 aliphatic carbocycles. The number of carboxylic acids is 1. The summed E-state index contributed by atoms with van der Waals surface area (Å²) < 4.78 is 6.62. The van der Waals surface area contributed by atoms with Crippen molar-refractivity contribution in [2.75, 3.05) is 6.54 Å². The number of rotatable bonds is 6. The Balaban J connectivity index is 1.96. The number of ether oxygens (including phenoxy) is 1. The Bertz CT molecular complexity index is 976. The van der Waals surface area contributed by atoms with Crippen LogP contribution in [0.5, 0.6) is 5.75 Å². The quantitative estimate of drug-likeness (QED) is 0.498. The van der Waals surface area contributed by atoms with Crippen LogP contribution in [-0.2, 0) is 16.0 Å². The maximum Gasteiger partial charge on any atom is 0.331 e. The largest absolute Gasteiger partial charge is 0.480 e. The summed E-state index contributed by atoms with van der Waals surface area (Å²) in [5, 5.41) is 20.8. The number of hydrogen-bond donors (Lipinski definition) is 1. The minimum absolute atomic E-state index is 0.0277. The number of nitro benzene ring substituents is 1. The van der Waals surface area contributed by atoms with Crippen LogP contribution < -0.4 is 4.74 Å². The molecule has 0 aromatic heterocycles. The first-order valence-electron chi connectivity index (χ1n) is 9.41. The molecule has 2 atom stereocenters. The lowest BCUT2D eigenvalue weighted by Crippen LogP contribution is -2.46. The van der Waals surface area contributed by atoms with Crippen molar-refractivity contribution in [2.24, 2.45) is 5.92 Å². The highest BCUT2D eigenvalue weighted by Gasteiger charge is 2.41. The summed E-state index contributed by atoms with van der Waals surface area (Å²) in [4.78, 5) is 37.1. The summed E-state index contributed by atoms with van der Waals surface area (Å²) in [5.41, 5.74) is 1.13. The van der Waals surface area contributed by atoms with Crippen LogP contribution in [0, 0.1) is 16.0 Å². The van der Waals surface area contributed by atoms with E-state index in [0.717, 1.165) is 5.56 Å². The smallest absolute Gasteiger partial charge is 0.331 e. The van der Waals surface area contributed by atoms with Crippen molar-refractivity contribution in [2.45, 2.75) is 32.4 Å². The molecule has 2 aromatic carbocycles. The zero-order valence-corrected chi connectivity index (χ0v) is 18.0. The highest BCUT2D eigenvalue weighted by atomic mass is 79.9. The van der Waals surface area contributed by atoms with Gasteiger partial charge in [-0.05, 0) is 36.1 Å². The number of carbonyl (C=O) groups is 2. The van der Waals surface area contributed by atoms with Crippen molar-refractivity contribution in [1.29, 1.82) is 0 Å². The third kappa shape index (κ3) is 4.46. The molecule has 0 saturated carbocycles. The molecule has 1 heterocycles. The standard InChI is InChI=1S/C21H21BrN2O6/c1-12(2)19-20(25)23(10-9-13-3-6-15(7-4-13)24(28)29)18(21(26)27)16-11-14(22)5-8-17(16)30-19/h3-8,11-12,18-19H,9-10H2,1-2H3,(H,26,27). The summed E-state index contributed by atoms with van der Waals surface area (Å²) in [6, 6.07) is 9.86. The van der Waals surface area contributed by atoms with Gasteiger partial charge in [0, 0.05) is 28.7 Å². The molecule has 1 aliphatic rings. The molecule has 0 bridgehead atoms. The Labute approximate surface area is 181 Å². The van der Waals surface area contributed by atoms with Crippen LogP contribution >= 0.6 is 15.9 Å². The van der Waals surface area contributed by atoms with Gasteiger partial charge < -0.3 is 14.7 Å². The zero-order chi connectivity index (χ0) is 22.0. The van der Waals surface area contributed by atoms with Gasteiger partial charge in [0.05, 0.1) is 4.92 Å². The molecule has 1 amide bonds. The van der Waals surface area contributed by atoms with Gasteiger partial charge in [0.2, 0.25) is 0 Å². The Morgan fingerprint density at radius 2 is 1.93 bits per heavy atom. The van der Waals surface area contributed by atoms with Crippen LogP contribution in [0.25, 0.3) is 0 Å². The average Bonchev–Trinajstić information content (AvgIpc) is 2.81. The number of nitro groups is 1. The van der Waals surface area contributed by atoms with E-state index in [9.17, 15) is 24.8 Å². The lowest BCUT2D eigenvalue weighted by molar-refractivity contribution is -0.384. The minimum atomic E-state index is -1.20. The van der Waals surface area contributed by atoms with Gasteiger partial charge in [-0.25, -0.2) is 4.79 Å². The van der Waals surface area contributed by atoms with E-state index in [1.54, 1.807) is 30.3 Å². The number of aliphatic carboxylic acids is 1. The predicted octanol–water partition coefficient (Wildman–Crippen LogP) is 3.97. The fraction of sp³-hybridized carbons (Fsp3) is 0.333. The first-order chi connectivity index (χ1) is 14.2. The first kappa shape index (κ1) is 21.8. The van der Waals surface area contributed by atoms with E-state index in [0.29, 0.717) is 22.2 Å². The van der Waals surface area contributed by atoms with Gasteiger partial charge in [0.1, 0.15) is 5.75 Å². The van der Waals surface area contributed by atoms with Crippen molar-refractivity contribution >= 4 is 33.5 Å². The molecule has 0 radical (unpaired) electrons. The van der Waals surface area contributed by atoms with Crippen LogP contribution in [0.3, 0.4) is 0 Å². The maximum absolute atomic E-state index is 13.3. The van der Waals surface area contributed by atoms with Gasteiger partial charge in [-0.3, -0.25) is 14.9 Å². The van der Waals surface area contributed by atoms with Crippen LogP contribution in [0.1, 0.15) is 31.0 Å². The number of benzene rings is 2. The van der Waals surface area contributed by atoms with Crippen LogP contribution in [0.2, 0.25) is 0 Å². The minimum Gasteiger partial charge on any atom is -0.480 e. The number of fused-ring (bicyclic) bond motifs is 1. The Hall–Kier alpha value is -2.94. The summed E-state index contributed by atoms with van der Waals surface area (Å²) in [7, 11) is 0. The predicted molar refractivity (Wildman–Crippen MR) is 112 cm³/mol. The molecule has 1 aliphatic heterocycles. The SMILES string of the molecule is CC(C)C1Oc2ccc(Br)cc2C(C(=O)O)N(CCc2ccc([N+](=O)[O-])cc2)C1=O. The van der Waals surface area contributed by atoms with Crippen molar-refractivity contribution in [3.8, 4) is 5.75 Å². The van der Waals surface area contributed by atoms with Crippen LogP contribution in [0.4, 0.5) is 5.69 Å². The Kier molecular flexibility index (Phi) is 6.40. The van der Waals surface area contributed by atoms with E-state index in [4.69, 9.17) is 4.74 Å². The summed E-state index contributed by atoms with van der Waals surface area (Å²) >= 11 is 3.36. The number of non-ortho nitro benzene ring substituents is 1. The number of amides is 1. The van der Waals surface area contributed by atoms with Crippen molar-refractivity contribution < 1.29 is 24.4 Å². The number of nitrogens with zero attached hydrogens (tertiary/aromatic N) is 2. The number of carboxylic acid groups (broad SMARTS) is 1. The van der Waals surface area contributed by atoms with Crippen LogP contribution in [-0.4, -0.2) is 39.5 Å². The van der Waals surface area contributed by atoms with Gasteiger partial charge in [0.15, 0.2) is 12.1 Å². The van der Waals surface area contributed by atoms with Crippen molar-refractivity contribution in [3.63, 3.8) is 0 Å². The average molecular weight is 477 g/mol. The Morgan fingerprint density at radius 1 is 1.27 bits per heavy atom. The second kappa shape index (κ2) is 8.83. The first-order valence-corrected chi connectivity index (χ1v) is 10.2. The molecule has 0 spiro atoms. The molecule has 9 heteroatoms. The van der Waals surface area contributed by atoms with Gasteiger partial charge in [-0.2, -0.15) is 0 Å². The molecule has 30 heavy (non-hydrogen) atoms. The number of carbonyl (C=O) groups excluding carboxylic acids is 1. The third-order valence-electron chi connectivity index (χ3n) is 4.99. The second-order valence-corrected chi connectivity index (χ2v) is 8.33. The van der Waals surface area contributed by atoms with Crippen molar-refractivity contribution in [3.05, 3.63) is 68.2 Å². The molecule has 0 saturated heterocycles. The molecule has 3 rings (SSSR count). The van der Waals surface area contributed by atoms with E-state index < -0.39 is 28.9 Å². The summed E-state index contributed by atoms with van der Waals surface area (Å²) in [5.74, 6) is -1.34. The summed E-state index contributed by atoms with van der Waals surface area (Å²) in [6.45, 7) is 3.82. The molecule has 158 valence electrons. The van der Waals surface area contributed by atoms with Crippen LogP contribution in [0.15, 0.2) is 46.9 Å². The van der Waals surface area contributed by atoms with E-state index in [-0.39, 0.29) is 18.2 Å². The van der Waals surface area contributed by atoms with Gasteiger partial charge in [0.25, 0.3) is 11.6 Å². The van der Waals surface area contributed by atoms with Crippen molar-refractivity contribution in [1.82, 2.24) is 4.90 Å². The molecule has 2 unspecified atom stereocenters. The fourth-order valence-corrected chi connectivity index (χ4v) is 3.83. The topological polar surface area (TPSA) is 110 Å². The monoisotopic (exact) mass is 476 g/mol. The maximum atomic E-state index is 13.3. The van der Waals surface area contributed by atoms with E-state index in [2.05, 4.69) is 15.9 Å². The fourth-order valence-electron chi connectivity index (χ4n) is 3.45. The molecular formula is C21H21BrN2O6. The van der Waals surface area contributed by atoms with E-state index in [1.165, 1.54) is 17.0 Å². The highest BCUT2D eigenvalue weighted by Crippen LogP contribution is 2.37. The number of hydrogen-bond acceptors (Lipinski definition) is 5. The lowest BCUT2D eigenvalue weighted by atomic mass is 10.0. The number of halogens is 1. The second-order valence-electron chi connectivity index (χ2n) is 7.41. The third-order valence-corrected chi connectivity index (χ3v) is 5.48. The van der Waals surface area contributed by atoms with Gasteiger partial charge in [-0.15, -0.1) is 0 Å².